The fourth-order valence-electron chi connectivity index (χ4n) is 4.41. The van der Waals surface area contributed by atoms with Crippen LogP contribution in [-0.2, 0) is 19.4 Å². The Morgan fingerprint density at radius 1 is 1.00 bits per heavy atom. The number of anilines is 1. The summed E-state index contributed by atoms with van der Waals surface area (Å²) in [6.07, 6.45) is 6.56. The Bertz CT molecular complexity index is 1150. The summed E-state index contributed by atoms with van der Waals surface area (Å²) in [6.45, 7) is 2.53. The second-order valence-corrected chi connectivity index (χ2v) is 8.41. The summed E-state index contributed by atoms with van der Waals surface area (Å²) in [5.41, 5.74) is 13.3. The zero-order chi connectivity index (χ0) is 22.5. The Balaban J connectivity index is 1.72. The lowest BCUT2D eigenvalue weighted by Gasteiger charge is -2.18. The van der Waals surface area contributed by atoms with Crippen LogP contribution in [0, 0.1) is 18.3 Å². The second kappa shape index (κ2) is 9.74. The van der Waals surface area contributed by atoms with Crippen molar-refractivity contribution in [2.75, 3.05) is 12.8 Å². The van der Waals surface area contributed by atoms with Gasteiger partial charge in [0.2, 0.25) is 0 Å². The maximum atomic E-state index is 9.89. The van der Waals surface area contributed by atoms with Gasteiger partial charge in [-0.15, -0.1) is 0 Å². The van der Waals surface area contributed by atoms with Gasteiger partial charge >= 0.3 is 0 Å². The molecule has 164 valence electrons. The number of hydrogen-bond acceptors (Lipinski definition) is 4. The molecule has 0 bridgehead atoms. The first-order valence-electron chi connectivity index (χ1n) is 11.2. The third kappa shape index (κ3) is 4.55. The van der Waals surface area contributed by atoms with Crippen molar-refractivity contribution in [3.05, 3.63) is 70.4 Å². The molecule has 32 heavy (non-hydrogen) atoms. The third-order valence-electron chi connectivity index (χ3n) is 6.15. The van der Waals surface area contributed by atoms with E-state index < -0.39 is 0 Å². The third-order valence-corrected chi connectivity index (χ3v) is 6.15. The number of methoxy groups -OCH3 is 1. The molecule has 3 aromatic rings. The minimum Gasteiger partial charge on any atom is -0.493 e. The largest absolute Gasteiger partial charge is 0.493 e. The smallest absolute Gasteiger partial charge is 0.289 e. The lowest BCUT2D eigenvalue weighted by Crippen LogP contribution is -2.23. The first kappa shape index (κ1) is 21.7. The number of nitrogens with zero attached hydrogens (tertiary/aromatic N) is 1. The molecular weight excluding hydrogens is 398 g/mol. The summed E-state index contributed by atoms with van der Waals surface area (Å²) in [4.78, 5) is 3.31. The van der Waals surface area contributed by atoms with Crippen molar-refractivity contribution >= 4 is 5.82 Å². The quantitative estimate of drug-likeness (QED) is 0.607. The van der Waals surface area contributed by atoms with Crippen molar-refractivity contribution < 1.29 is 14.5 Å². The summed E-state index contributed by atoms with van der Waals surface area (Å²) >= 11 is 0. The number of aryl methyl sites for hydroxylation is 2. The average molecular weight is 429 g/mol. The number of aromatic amines is 1. The van der Waals surface area contributed by atoms with E-state index in [-0.39, 0.29) is 0 Å². The highest BCUT2D eigenvalue weighted by Gasteiger charge is 2.24. The van der Waals surface area contributed by atoms with E-state index in [9.17, 15) is 5.26 Å². The molecule has 1 heterocycles. The van der Waals surface area contributed by atoms with Crippen LogP contribution in [0.3, 0.4) is 0 Å². The summed E-state index contributed by atoms with van der Waals surface area (Å²) < 4.78 is 11.7. The summed E-state index contributed by atoms with van der Waals surface area (Å²) in [5, 5.41) is 9.89. The number of nitriles is 1. The number of nitrogens with two attached hydrogens (primary N) is 1. The van der Waals surface area contributed by atoms with Crippen molar-refractivity contribution in [3.8, 4) is 28.7 Å². The predicted molar refractivity (Wildman–Crippen MR) is 126 cm³/mol. The molecule has 0 radical (unpaired) electrons. The molecule has 0 amide bonds. The van der Waals surface area contributed by atoms with Gasteiger partial charge in [-0.05, 0) is 49.4 Å². The number of nitrogen functional groups attached to an aromatic ring is 1. The molecule has 3 N–H and O–H groups in total. The number of pyridine rings is 1. The highest BCUT2D eigenvalue weighted by molar-refractivity contribution is 5.79. The van der Waals surface area contributed by atoms with Crippen LogP contribution in [0.5, 0.6) is 11.5 Å². The molecule has 0 atom stereocenters. The van der Waals surface area contributed by atoms with Crippen LogP contribution in [-0.4, -0.2) is 7.11 Å². The van der Waals surface area contributed by atoms with Gasteiger partial charge in [-0.3, -0.25) is 5.73 Å². The lowest BCUT2D eigenvalue weighted by atomic mass is 9.88. The number of H-pyrrole nitrogens is 1. The van der Waals surface area contributed by atoms with Crippen LogP contribution in [0.1, 0.15) is 53.6 Å². The van der Waals surface area contributed by atoms with Gasteiger partial charge in [0.1, 0.15) is 23.9 Å². The van der Waals surface area contributed by atoms with Gasteiger partial charge in [0.25, 0.3) is 5.82 Å². The lowest BCUT2D eigenvalue weighted by molar-refractivity contribution is -0.374. The van der Waals surface area contributed by atoms with Crippen molar-refractivity contribution in [2.45, 2.75) is 52.1 Å². The Hall–Kier alpha value is -3.52. The monoisotopic (exact) mass is 428 g/mol. The molecule has 0 saturated carbocycles. The standard InChI is InChI=1S/C27H29N3O2/c1-18-9-11-19(12-10-18)17-32-24-14-13-20(15-25(24)31-2)26-21-7-5-3-4-6-8-23(21)30-27(29)22(26)16-28/h9-15H,3-8,17H2,1-2H3,(H2,29,30)/p+1. The fourth-order valence-corrected chi connectivity index (χ4v) is 4.41. The molecule has 1 aromatic heterocycles. The average Bonchev–Trinajstić information content (AvgIpc) is 2.79. The highest BCUT2D eigenvalue weighted by atomic mass is 16.5. The Labute approximate surface area is 189 Å². The molecule has 5 heteroatoms. The fraction of sp³-hybridized carbons (Fsp3) is 0.333. The zero-order valence-corrected chi connectivity index (χ0v) is 18.8. The maximum absolute atomic E-state index is 9.89. The molecule has 0 unspecified atom stereocenters. The normalized spacial score (nSPS) is 13.4. The predicted octanol–water partition coefficient (Wildman–Crippen LogP) is 5.18. The minimum atomic E-state index is 0.431. The van der Waals surface area contributed by atoms with E-state index in [1.807, 2.05) is 18.2 Å². The maximum Gasteiger partial charge on any atom is 0.289 e. The second-order valence-electron chi connectivity index (χ2n) is 8.41. The summed E-state index contributed by atoms with van der Waals surface area (Å²) in [7, 11) is 1.64. The number of rotatable bonds is 5. The molecule has 0 aliphatic heterocycles. The molecule has 4 rings (SSSR count). The van der Waals surface area contributed by atoms with Crippen LogP contribution in [0.4, 0.5) is 5.82 Å². The zero-order valence-electron chi connectivity index (χ0n) is 18.8. The molecule has 0 spiro atoms. The van der Waals surface area contributed by atoms with Crippen LogP contribution in [0.15, 0.2) is 42.5 Å². The van der Waals surface area contributed by atoms with Crippen LogP contribution >= 0.6 is 0 Å². The Kier molecular flexibility index (Phi) is 6.61. The summed E-state index contributed by atoms with van der Waals surface area (Å²) in [5.74, 6) is 1.75. The van der Waals surface area contributed by atoms with Gasteiger partial charge < -0.3 is 9.47 Å². The van der Waals surface area contributed by atoms with E-state index in [0.29, 0.717) is 29.5 Å². The Morgan fingerprint density at radius 2 is 1.75 bits per heavy atom. The SMILES string of the molecule is COc1cc(-c2c(C#N)c(N)[nH+]c3c2CCCCCC3)ccc1OCc1ccc(C)cc1. The van der Waals surface area contributed by atoms with E-state index in [1.54, 1.807) is 7.11 Å². The van der Waals surface area contributed by atoms with E-state index in [0.717, 1.165) is 48.1 Å². The van der Waals surface area contributed by atoms with Crippen molar-refractivity contribution in [3.63, 3.8) is 0 Å². The molecule has 0 fully saturated rings. The van der Waals surface area contributed by atoms with Crippen molar-refractivity contribution in [2.24, 2.45) is 0 Å². The highest BCUT2D eigenvalue weighted by Crippen LogP contribution is 2.38. The van der Waals surface area contributed by atoms with Crippen molar-refractivity contribution in [1.29, 1.82) is 5.26 Å². The number of aromatic nitrogens is 1. The minimum absolute atomic E-state index is 0.431. The van der Waals surface area contributed by atoms with E-state index in [1.165, 1.54) is 24.0 Å². The molecule has 1 aliphatic carbocycles. The molecule has 1 aliphatic rings. The van der Waals surface area contributed by atoms with Gasteiger partial charge in [0.15, 0.2) is 11.5 Å². The molecule has 5 nitrogen and oxygen atoms in total. The number of fused-ring (bicyclic) bond motifs is 1. The first-order chi connectivity index (χ1) is 15.6. The number of benzene rings is 2. The Morgan fingerprint density at radius 3 is 2.47 bits per heavy atom. The van der Waals surface area contributed by atoms with E-state index in [4.69, 9.17) is 15.2 Å². The first-order valence-corrected chi connectivity index (χ1v) is 11.2. The number of nitrogens with one attached hydrogen (secondary N) is 1. The number of hydrogen-bond donors (Lipinski definition) is 1. The van der Waals surface area contributed by atoms with Gasteiger partial charge in [-0.2, -0.15) is 5.26 Å². The summed E-state index contributed by atoms with van der Waals surface area (Å²) in [6, 6.07) is 16.5. The molecule has 0 saturated heterocycles. The van der Waals surface area contributed by atoms with Gasteiger partial charge in [-0.25, -0.2) is 4.98 Å². The van der Waals surface area contributed by atoms with Crippen molar-refractivity contribution in [1.82, 2.24) is 0 Å². The number of ether oxygens (including phenoxy) is 2. The van der Waals surface area contributed by atoms with Crippen LogP contribution < -0.4 is 20.2 Å². The van der Waals surface area contributed by atoms with Crippen LogP contribution in [0.2, 0.25) is 0 Å². The molecule has 2 aromatic carbocycles. The van der Waals surface area contributed by atoms with Gasteiger partial charge in [0.05, 0.1) is 7.11 Å². The van der Waals surface area contributed by atoms with E-state index >= 15 is 0 Å². The van der Waals surface area contributed by atoms with Crippen LogP contribution in [0.25, 0.3) is 11.1 Å². The van der Waals surface area contributed by atoms with E-state index in [2.05, 4.69) is 42.2 Å². The molecular formula is C27H30N3O2+. The topological polar surface area (TPSA) is 82.4 Å². The van der Waals surface area contributed by atoms with Gasteiger partial charge in [-0.1, -0.05) is 48.7 Å². The van der Waals surface area contributed by atoms with Gasteiger partial charge in [0, 0.05) is 17.5 Å².